The van der Waals surface area contributed by atoms with Crippen molar-refractivity contribution in [3.63, 3.8) is 0 Å². The van der Waals surface area contributed by atoms with E-state index >= 15 is 0 Å². The maximum absolute atomic E-state index is 13.6. The molecule has 9 heteroatoms. The third-order valence-corrected chi connectivity index (χ3v) is 6.58. The van der Waals surface area contributed by atoms with Crippen molar-refractivity contribution in [3.05, 3.63) is 104 Å². The molecular weight excluding hydrogens is 479 g/mol. The molecule has 0 aliphatic rings. The minimum Gasteiger partial charge on any atom is -0.505 e. The molecule has 0 bridgehead atoms. The quantitative estimate of drug-likeness (QED) is 0.332. The summed E-state index contributed by atoms with van der Waals surface area (Å²) in [5.74, 6) is -0.868. The van der Waals surface area contributed by atoms with Crippen molar-refractivity contribution >= 4 is 45.4 Å². The summed E-state index contributed by atoms with van der Waals surface area (Å²) in [5, 5.41) is 11.8. The number of halogens is 2. The predicted molar refractivity (Wildman–Crippen MR) is 130 cm³/mol. The Morgan fingerprint density at radius 2 is 1.91 bits per heavy atom. The van der Waals surface area contributed by atoms with E-state index in [0.29, 0.717) is 20.9 Å². The van der Waals surface area contributed by atoms with E-state index in [1.165, 1.54) is 16.7 Å². The van der Waals surface area contributed by atoms with Crippen LogP contribution in [-0.4, -0.2) is 14.7 Å². The fraction of sp³-hybridized carbons (Fsp3) is 0.0800. The Balaban J connectivity index is 1.79. The smallest absolute Gasteiger partial charge is 0.354 e. The lowest BCUT2D eigenvalue weighted by Gasteiger charge is -2.14. The highest BCUT2D eigenvalue weighted by molar-refractivity contribution is 7.99. The zero-order chi connectivity index (χ0) is 24.0. The van der Waals surface area contributed by atoms with Gasteiger partial charge in [0.25, 0.3) is 5.56 Å². The molecule has 0 fully saturated rings. The lowest BCUT2D eigenvalue weighted by atomic mass is 10.1. The first-order valence-corrected chi connectivity index (χ1v) is 11.4. The Labute approximate surface area is 201 Å². The van der Waals surface area contributed by atoms with Crippen molar-refractivity contribution in [1.29, 1.82) is 0 Å². The molecule has 3 heterocycles. The molecule has 1 N–H and O–H groups in total. The van der Waals surface area contributed by atoms with Crippen LogP contribution in [0.5, 0.6) is 5.75 Å². The van der Waals surface area contributed by atoms with Crippen molar-refractivity contribution < 1.29 is 13.9 Å². The zero-order valence-electron chi connectivity index (χ0n) is 17.7. The Morgan fingerprint density at radius 3 is 2.65 bits per heavy atom. The number of aromatic nitrogens is 2. The number of rotatable bonds is 4. The molecule has 0 saturated carbocycles. The van der Waals surface area contributed by atoms with E-state index in [1.54, 1.807) is 48.7 Å². The van der Waals surface area contributed by atoms with Crippen LogP contribution in [-0.2, 0) is 6.54 Å². The lowest BCUT2D eigenvalue weighted by Crippen LogP contribution is -2.23. The van der Waals surface area contributed by atoms with Gasteiger partial charge in [0.15, 0.2) is 11.3 Å². The summed E-state index contributed by atoms with van der Waals surface area (Å²) in [6, 6.07) is 14.2. The number of fused-ring (bicyclic) bond motifs is 3. The van der Waals surface area contributed by atoms with Crippen molar-refractivity contribution in [2.24, 2.45) is 0 Å². The van der Waals surface area contributed by atoms with Gasteiger partial charge in [-0.1, -0.05) is 41.6 Å². The second kappa shape index (κ2) is 8.62. The van der Waals surface area contributed by atoms with Crippen LogP contribution in [0.25, 0.3) is 22.0 Å². The Kier molecular flexibility index (Phi) is 5.63. The number of pyridine rings is 2. The normalized spacial score (nSPS) is 11.4. The second-order valence-corrected chi connectivity index (χ2v) is 9.25. The first-order chi connectivity index (χ1) is 16.3. The molecule has 0 aliphatic carbocycles. The third kappa shape index (κ3) is 3.95. The maximum atomic E-state index is 13.6. The van der Waals surface area contributed by atoms with E-state index in [4.69, 9.17) is 16.0 Å². The minimum absolute atomic E-state index is 0.0375. The van der Waals surface area contributed by atoms with Crippen LogP contribution in [0.15, 0.2) is 84.6 Å². The van der Waals surface area contributed by atoms with E-state index in [2.05, 4.69) is 4.98 Å². The number of hydrogen-bond donors (Lipinski definition) is 1. The molecule has 0 saturated heterocycles. The van der Waals surface area contributed by atoms with Gasteiger partial charge in [-0.15, -0.1) is 0 Å². The molecular formula is C25H16ClFN2O4S. The van der Waals surface area contributed by atoms with Gasteiger partial charge in [0.2, 0.25) is 0 Å². The van der Waals surface area contributed by atoms with Crippen LogP contribution in [0.3, 0.4) is 0 Å². The van der Waals surface area contributed by atoms with Crippen molar-refractivity contribution in [2.75, 3.05) is 0 Å². The second-order valence-electron chi connectivity index (χ2n) is 7.73. The van der Waals surface area contributed by atoms with Gasteiger partial charge in [0.1, 0.15) is 21.7 Å². The number of benzene rings is 2. The van der Waals surface area contributed by atoms with Crippen LogP contribution in [0.2, 0.25) is 5.02 Å². The highest BCUT2D eigenvalue weighted by Gasteiger charge is 2.23. The highest BCUT2D eigenvalue weighted by atomic mass is 35.5. The summed E-state index contributed by atoms with van der Waals surface area (Å²) in [5.41, 5.74) is 0.317. The van der Waals surface area contributed by atoms with E-state index in [1.807, 2.05) is 6.92 Å². The van der Waals surface area contributed by atoms with Gasteiger partial charge in [0.05, 0.1) is 11.9 Å². The average molecular weight is 495 g/mol. The van der Waals surface area contributed by atoms with Crippen LogP contribution in [0, 0.1) is 12.7 Å². The maximum Gasteiger partial charge on any atom is 0.354 e. The SMILES string of the molecule is Cc1cnc2c(c1)c1oc(=O)c(Sc3cccc(Cl)c3)c(O)c1c(=O)n2Cc1ccc(F)cc1. The summed E-state index contributed by atoms with van der Waals surface area (Å²) in [6.07, 6.45) is 1.59. The van der Waals surface area contributed by atoms with E-state index in [-0.39, 0.29) is 28.1 Å². The van der Waals surface area contributed by atoms with E-state index < -0.39 is 22.8 Å². The Bertz CT molecular complexity index is 1700. The number of aryl methyl sites for hydroxylation is 1. The van der Waals surface area contributed by atoms with Crippen LogP contribution >= 0.6 is 23.4 Å². The average Bonchev–Trinajstić information content (AvgIpc) is 2.80. The van der Waals surface area contributed by atoms with Crippen molar-refractivity contribution in [3.8, 4) is 5.75 Å². The van der Waals surface area contributed by atoms with Crippen LogP contribution < -0.4 is 11.2 Å². The Morgan fingerprint density at radius 1 is 1.15 bits per heavy atom. The highest BCUT2D eigenvalue weighted by Crippen LogP contribution is 2.37. The van der Waals surface area contributed by atoms with Gasteiger partial charge in [-0.25, -0.2) is 14.2 Å². The molecule has 0 spiro atoms. The molecule has 170 valence electrons. The predicted octanol–water partition coefficient (Wildman–Crippen LogP) is 5.51. The number of aromatic hydroxyl groups is 1. The van der Waals surface area contributed by atoms with Crippen LogP contribution in [0.1, 0.15) is 11.1 Å². The largest absolute Gasteiger partial charge is 0.505 e. The van der Waals surface area contributed by atoms with Crippen LogP contribution in [0.4, 0.5) is 4.39 Å². The van der Waals surface area contributed by atoms with Gasteiger partial charge < -0.3 is 9.52 Å². The first-order valence-electron chi connectivity index (χ1n) is 10.2. The summed E-state index contributed by atoms with van der Waals surface area (Å²) in [4.78, 5) is 31.3. The molecule has 6 nitrogen and oxygen atoms in total. The molecule has 0 unspecified atom stereocenters. The van der Waals surface area contributed by atoms with E-state index in [0.717, 1.165) is 17.3 Å². The summed E-state index contributed by atoms with van der Waals surface area (Å²) in [7, 11) is 0. The molecule has 5 rings (SSSR count). The van der Waals surface area contributed by atoms with Crippen molar-refractivity contribution in [2.45, 2.75) is 23.3 Å². The molecule has 0 radical (unpaired) electrons. The van der Waals surface area contributed by atoms with Gasteiger partial charge in [-0.2, -0.15) is 0 Å². The van der Waals surface area contributed by atoms with Gasteiger partial charge in [0, 0.05) is 16.1 Å². The standard InChI is InChI=1S/C25H16ClFN2O4S/c1-13-9-18-21-19(20(30)22(25(32)33-21)34-17-4-2-3-15(26)10-17)24(31)29(23(18)28-11-13)12-14-5-7-16(27)8-6-14/h2-11,30H,12H2,1H3. The molecule has 0 atom stereocenters. The fourth-order valence-electron chi connectivity index (χ4n) is 3.73. The Hall–Kier alpha value is -3.62. The topological polar surface area (TPSA) is 85.3 Å². The first kappa shape index (κ1) is 22.2. The summed E-state index contributed by atoms with van der Waals surface area (Å²) < 4.78 is 20.3. The summed E-state index contributed by atoms with van der Waals surface area (Å²) in [6.45, 7) is 1.89. The molecule has 5 aromatic rings. The van der Waals surface area contributed by atoms with E-state index in [9.17, 15) is 19.1 Å². The monoisotopic (exact) mass is 494 g/mol. The van der Waals surface area contributed by atoms with Gasteiger partial charge in [-0.3, -0.25) is 9.36 Å². The molecule has 0 amide bonds. The number of hydrogen-bond acceptors (Lipinski definition) is 6. The molecule has 3 aromatic heterocycles. The lowest BCUT2D eigenvalue weighted by molar-refractivity contribution is 0.446. The molecule has 2 aromatic carbocycles. The van der Waals surface area contributed by atoms with Gasteiger partial charge in [-0.05, 0) is 54.4 Å². The third-order valence-electron chi connectivity index (χ3n) is 5.29. The summed E-state index contributed by atoms with van der Waals surface area (Å²) >= 11 is 6.99. The van der Waals surface area contributed by atoms with Crippen molar-refractivity contribution in [1.82, 2.24) is 9.55 Å². The molecule has 0 aliphatic heterocycles. The number of nitrogens with zero attached hydrogens (tertiary/aromatic N) is 2. The van der Waals surface area contributed by atoms with Gasteiger partial charge >= 0.3 is 5.63 Å². The zero-order valence-corrected chi connectivity index (χ0v) is 19.3. The minimum atomic E-state index is -0.784. The molecule has 34 heavy (non-hydrogen) atoms. The fourth-order valence-corrected chi connectivity index (χ4v) is 4.88.